The Bertz CT molecular complexity index is 1360. The molecule has 194 valence electrons. The summed E-state index contributed by atoms with van der Waals surface area (Å²) in [6.45, 7) is -0.758. The first-order valence-corrected chi connectivity index (χ1v) is 10.7. The zero-order valence-corrected chi connectivity index (χ0v) is 19.4. The Labute approximate surface area is 208 Å². The number of aliphatic imine (C=N–C) groups is 1. The highest BCUT2D eigenvalue weighted by molar-refractivity contribution is 6.01. The average molecular weight is 518 g/mol. The van der Waals surface area contributed by atoms with Crippen LogP contribution in [0.1, 0.15) is 27.0 Å². The van der Waals surface area contributed by atoms with Crippen molar-refractivity contribution in [2.45, 2.75) is 18.1 Å². The van der Waals surface area contributed by atoms with Gasteiger partial charge in [0.2, 0.25) is 0 Å². The molecule has 4 rings (SSSR count). The highest BCUT2D eigenvalue weighted by Gasteiger charge is 2.38. The number of nitrogens with zero attached hydrogens (tertiary/aromatic N) is 1. The van der Waals surface area contributed by atoms with Crippen LogP contribution in [0.4, 0.5) is 17.6 Å². The molecule has 1 aliphatic rings. The summed E-state index contributed by atoms with van der Waals surface area (Å²) < 4.78 is 51.5. The van der Waals surface area contributed by atoms with Gasteiger partial charge in [-0.3, -0.25) is 4.99 Å². The number of rotatable bonds is 5. The third-order valence-corrected chi connectivity index (χ3v) is 5.71. The van der Waals surface area contributed by atoms with Gasteiger partial charge in [-0.1, -0.05) is 36.4 Å². The summed E-state index contributed by atoms with van der Waals surface area (Å²) in [7, 11) is 1.61. The Morgan fingerprint density at radius 2 is 1.65 bits per heavy atom. The molecule has 0 fully saturated rings. The molecule has 0 radical (unpaired) electrons. The number of aliphatic carboxylic acids is 1. The number of hydrogen-bond acceptors (Lipinski definition) is 5. The molecule has 1 heterocycles. The quantitative estimate of drug-likeness (QED) is 0.417. The largest absolute Gasteiger partial charge is 0.497 e. The minimum absolute atomic E-state index is 0.140. The number of carboxylic acids is 2. The summed E-state index contributed by atoms with van der Waals surface area (Å²) in [5.74, 6) is -2.86. The normalized spacial score (nSPS) is 16.5. The van der Waals surface area contributed by atoms with Gasteiger partial charge in [0.1, 0.15) is 23.8 Å². The van der Waals surface area contributed by atoms with Crippen molar-refractivity contribution in [1.82, 2.24) is 0 Å². The number of ether oxygens (including phenoxy) is 1. The lowest BCUT2D eigenvalue weighted by atomic mass is 9.80. The molecule has 7 nitrogen and oxygen atoms in total. The molecule has 0 saturated heterocycles. The van der Waals surface area contributed by atoms with E-state index >= 15 is 0 Å². The van der Waals surface area contributed by atoms with Crippen molar-refractivity contribution in [1.29, 1.82) is 0 Å². The van der Waals surface area contributed by atoms with E-state index in [1.54, 1.807) is 19.2 Å². The molecule has 0 aromatic heterocycles. The topological polar surface area (TPSA) is 122 Å². The second-order valence-electron chi connectivity index (χ2n) is 8.13. The SMILES string of the molecule is COc1cccc(-c2cccc(C3(CF)Cc4cc(C(=O)O)ccc4C(N)=N3)c2)c1.O=C(O)C(F)(F)F. The van der Waals surface area contributed by atoms with Crippen LogP contribution >= 0.6 is 0 Å². The standard InChI is InChI=1S/C24H21FN2O3.C2HF3O2/c1-30-20-7-3-5-16(12-20)15-4-2-6-19(11-15)24(14-25)13-18-10-17(23(28)29)8-9-21(18)22(26)27-24;3-2(4,5)1(6)7/h2-12H,13-14H2,1H3,(H2,26,27)(H,28,29);(H,6,7). The van der Waals surface area contributed by atoms with E-state index < -0.39 is 30.3 Å². The number of methoxy groups -OCH3 is 1. The molecular weight excluding hydrogens is 496 g/mol. The number of carboxylic acid groups (broad SMARTS) is 2. The van der Waals surface area contributed by atoms with Gasteiger partial charge in [-0.2, -0.15) is 13.2 Å². The van der Waals surface area contributed by atoms with E-state index in [0.29, 0.717) is 16.7 Å². The lowest BCUT2D eigenvalue weighted by Crippen LogP contribution is -2.37. The molecule has 1 unspecified atom stereocenters. The van der Waals surface area contributed by atoms with Gasteiger partial charge < -0.3 is 20.7 Å². The smallest absolute Gasteiger partial charge is 0.490 e. The van der Waals surface area contributed by atoms with Crippen LogP contribution in [0.15, 0.2) is 71.7 Å². The zero-order valence-electron chi connectivity index (χ0n) is 19.4. The van der Waals surface area contributed by atoms with Crippen molar-refractivity contribution in [3.8, 4) is 16.9 Å². The molecule has 4 N–H and O–H groups in total. The maximum absolute atomic E-state index is 14.5. The number of halogens is 4. The second kappa shape index (κ2) is 10.7. The van der Waals surface area contributed by atoms with Gasteiger partial charge in [0, 0.05) is 12.0 Å². The van der Waals surface area contributed by atoms with Gasteiger partial charge >= 0.3 is 18.1 Å². The monoisotopic (exact) mass is 518 g/mol. The van der Waals surface area contributed by atoms with E-state index in [-0.39, 0.29) is 17.8 Å². The Kier molecular flexibility index (Phi) is 7.85. The Morgan fingerprint density at radius 3 is 2.22 bits per heavy atom. The van der Waals surface area contributed by atoms with Gasteiger partial charge in [0.05, 0.1) is 12.7 Å². The fraction of sp³-hybridized carbons (Fsp3) is 0.192. The number of hydrogen-bond donors (Lipinski definition) is 3. The molecule has 1 atom stereocenters. The number of nitrogens with two attached hydrogens (primary N) is 1. The minimum Gasteiger partial charge on any atom is -0.497 e. The maximum Gasteiger partial charge on any atom is 0.490 e. The van der Waals surface area contributed by atoms with Gasteiger partial charge in [-0.15, -0.1) is 0 Å². The predicted molar refractivity (Wildman–Crippen MR) is 128 cm³/mol. The molecule has 11 heteroatoms. The van der Waals surface area contributed by atoms with Crippen molar-refractivity contribution >= 4 is 17.8 Å². The number of fused-ring (bicyclic) bond motifs is 1. The van der Waals surface area contributed by atoms with Gasteiger partial charge in [0.15, 0.2) is 0 Å². The van der Waals surface area contributed by atoms with Crippen molar-refractivity contribution in [2.24, 2.45) is 10.7 Å². The van der Waals surface area contributed by atoms with Crippen LogP contribution in [-0.2, 0) is 16.8 Å². The first-order chi connectivity index (χ1) is 17.4. The van der Waals surface area contributed by atoms with E-state index in [1.165, 1.54) is 6.07 Å². The molecule has 0 amide bonds. The number of benzene rings is 3. The first kappa shape index (κ1) is 27.2. The Hall–Kier alpha value is -4.41. The van der Waals surface area contributed by atoms with Crippen LogP contribution < -0.4 is 10.5 Å². The van der Waals surface area contributed by atoms with Gasteiger partial charge in [0.25, 0.3) is 0 Å². The molecule has 0 bridgehead atoms. The Balaban J connectivity index is 0.000000479. The number of amidine groups is 1. The number of aromatic carboxylic acids is 1. The molecule has 3 aromatic carbocycles. The van der Waals surface area contributed by atoms with Crippen LogP contribution in [-0.4, -0.2) is 47.9 Å². The number of carbonyl (C=O) groups is 2. The lowest BCUT2D eigenvalue weighted by molar-refractivity contribution is -0.192. The predicted octanol–water partition coefficient (Wildman–Crippen LogP) is 4.82. The fourth-order valence-electron chi connectivity index (χ4n) is 3.88. The fourth-order valence-corrected chi connectivity index (χ4v) is 3.88. The molecule has 1 aliphatic heterocycles. The summed E-state index contributed by atoms with van der Waals surface area (Å²) in [5, 5.41) is 16.4. The third-order valence-electron chi connectivity index (χ3n) is 5.71. The summed E-state index contributed by atoms with van der Waals surface area (Å²) in [4.78, 5) is 24.8. The van der Waals surface area contributed by atoms with Crippen LogP contribution in [0.5, 0.6) is 5.75 Å². The molecule has 37 heavy (non-hydrogen) atoms. The third kappa shape index (κ3) is 6.05. The molecular formula is C26H22F4N2O5. The zero-order chi connectivity index (χ0) is 27.4. The second-order valence-corrected chi connectivity index (χ2v) is 8.13. The van der Waals surface area contributed by atoms with Gasteiger partial charge in [-0.05, 0) is 52.6 Å². The minimum atomic E-state index is -5.08. The summed E-state index contributed by atoms with van der Waals surface area (Å²) in [6, 6.07) is 19.8. The van der Waals surface area contributed by atoms with Crippen molar-refractivity contribution in [3.63, 3.8) is 0 Å². The highest BCUT2D eigenvalue weighted by Crippen LogP contribution is 2.38. The van der Waals surface area contributed by atoms with Crippen molar-refractivity contribution < 1.29 is 42.1 Å². The molecule has 0 saturated carbocycles. The maximum atomic E-state index is 14.5. The van der Waals surface area contributed by atoms with E-state index in [4.69, 9.17) is 20.4 Å². The highest BCUT2D eigenvalue weighted by atomic mass is 19.4. The lowest BCUT2D eigenvalue weighted by Gasteiger charge is -2.33. The van der Waals surface area contributed by atoms with Crippen LogP contribution in [0, 0.1) is 0 Å². The van der Waals surface area contributed by atoms with Crippen LogP contribution in [0.25, 0.3) is 11.1 Å². The summed E-state index contributed by atoms with van der Waals surface area (Å²) in [6.07, 6.45) is -4.86. The molecule has 0 spiro atoms. The average Bonchev–Trinajstić information content (AvgIpc) is 2.88. The van der Waals surface area contributed by atoms with Gasteiger partial charge in [-0.25, -0.2) is 14.0 Å². The molecule has 3 aromatic rings. The van der Waals surface area contributed by atoms with E-state index in [1.807, 2.05) is 48.5 Å². The van der Waals surface area contributed by atoms with Crippen molar-refractivity contribution in [3.05, 3.63) is 89.0 Å². The van der Waals surface area contributed by atoms with Crippen molar-refractivity contribution in [2.75, 3.05) is 13.8 Å². The molecule has 0 aliphatic carbocycles. The first-order valence-electron chi connectivity index (χ1n) is 10.7. The van der Waals surface area contributed by atoms with E-state index in [2.05, 4.69) is 4.99 Å². The number of alkyl halides is 4. The van der Waals surface area contributed by atoms with Crippen LogP contribution in [0.3, 0.4) is 0 Å². The van der Waals surface area contributed by atoms with E-state index in [9.17, 15) is 27.5 Å². The summed E-state index contributed by atoms with van der Waals surface area (Å²) >= 11 is 0. The Morgan fingerprint density at radius 1 is 1.03 bits per heavy atom. The van der Waals surface area contributed by atoms with E-state index in [0.717, 1.165) is 16.9 Å². The summed E-state index contributed by atoms with van der Waals surface area (Å²) in [5.41, 5.74) is 8.94. The van der Waals surface area contributed by atoms with Crippen LogP contribution in [0.2, 0.25) is 0 Å².